The van der Waals surface area contributed by atoms with Crippen LogP contribution in [0.15, 0.2) is 42.5 Å². The van der Waals surface area contributed by atoms with Gasteiger partial charge in [-0.2, -0.15) is 0 Å². The summed E-state index contributed by atoms with van der Waals surface area (Å²) >= 11 is 0. The van der Waals surface area contributed by atoms with E-state index in [9.17, 15) is 0 Å². The summed E-state index contributed by atoms with van der Waals surface area (Å²) in [7, 11) is 0. The van der Waals surface area contributed by atoms with E-state index in [1.165, 1.54) is 16.3 Å². The zero-order valence-corrected chi connectivity index (χ0v) is 9.26. The van der Waals surface area contributed by atoms with Crippen LogP contribution in [0.3, 0.4) is 0 Å². The summed E-state index contributed by atoms with van der Waals surface area (Å²) in [5.41, 5.74) is 7.31. The van der Waals surface area contributed by atoms with E-state index in [-0.39, 0.29) is 12.6 Å². The minimum atomic E-state index is 0.0123. The lowest BCUT2D eigenvalue weighted by Crippen LogP contribution is -2.11. The van der Waals surface area contributed by atoms with E-state index in [1.807, 2.05) is 18.2 Å². The minimum absolute atomic E-state index is 0.0123. The molecule has 0 fully saturated rings. The van der Waals surface area contributed by atoms with E-state index in [1.54, 1.807) is 0 Å². The fourth-order valence-electron chi connectivity index (χ4n) is 2.04. The SMILES string of the molecule is NC(CCCO)c1cccc2ccccc12. The molecule has 0 heterocycles. The smallest absolute Gasteiger partial charge is 0.0431 e. The van der Waals surface area contributed by atoms with Crippen LogP contribution < -0.4 is 5.73 Å². The number of aliphatic hydroxyl groups is 1. The summed E-state index contributed by atoms with van der Waals surface area (Å²) in [6.07, 6.45) is 1.58. The third kappa shape index (κ3) is 2.23. The Kier molecular flexibility index (Phi) is 3.54. The van der Waals surface area contributed by atoms with Crippen molar-refractivity contribution in [2.45, 2.75) is 18.9 Å². The van der Waals surface area contributed by atoms with Gasteiger partial charge in [-0.05, 0) is 29.2 Å². The average molecular weight is 215 g/mol. The first-order valence-corrected chi connectivity index (χ1v) is 5.67. The van der Waals surface area contributed by atoms with Gasteiger partial charge in [0.25, 0.3) is 0 Å². The van der Waals surface area contributed by atoms with Crippen molar-refractivity contribution in [3.63, 3.8) is 0 Å². The van der Waals surface area contributed by atoms with Crippen LogP contribution in [0.1, 0.15) is 24.4 Å². The summed E-state index contributed by atoms with van der Waals surface area (Å²) in [6.45, 7) is 0.207. The number of aliphatic hydroxyl groups excluding tert-OH is 1. The molecule has 16 heavy (non-hydrogen) atoms. The lowest BCUT2D eigenvalue weighted by molar-refractivity contribution is 0.280. The van der Waals surface area contributed by atoms with Gasteiger partial charge in [0, 0.05) is 12.6 Å². The van der Waals surface area contributed by atoms with Gasteiger partial charge in [0.05, 0.1) is 0 Å². The van der Waals surface area contributed by atoms with Gasteiger partial charge in [-0.25, -0.2) is 0 Å². The molecule has 0 saturated heterocycles. The minimum Gasteiger partial charge on any atom is -0.396 e. The zero-order valence-electron chi connectivity index (χ0n) is 9.26. The van der Waals surface area contributed by atoms with E-state index in [0.29, 0.717) is 0 Å². The Hall–Kier alpha value is -1.38. The number of hydrogen-bond donors (Lipinski definition) is 2. The predicted molar refractivity (Wildman–Crippen MR) is 67.2 cm³/mol. The quantitative estimate of drug-likeness (QED) is 0.823. The van der Waals surface area contributed by atoms with Gasteiger partial charge >= 0.3 is 0 Å². The van der Waals surface area contributed by atoms with Crippen LogP contribution in [0.5, 0.6) is 0 Å². The molecule has 2 aromatic rings. The van der Waals surface area contributed by atoms with E-state index >= 15 is 0 Å². The molecule has 1 unspecified atom stereocenters. The molecular weight excluding hydrogens is 198 g/mol. The Morgan fingerprint density at radius 3 is 2.62 bits per heavy atom. The van der Waals surface area contributed by atoms with Crippen molar-refractivity contribution < 1.29 is 5.11 Å². The maximum Gasteiger partial charge on any atom is 0.0431 e. The fourth-order valence-corrected chi connectivity index (χ4v) is 2.04. The highest BCUT2D eigenvalue weighted by Crippen LogP contribution is 2.25. The van der Waals surface area contributed by atoms with Crippen molar-refractivity contribution in [3.8, 4) is 0 Å². The molecule has 0 spiro atoms. The Morgan fingerprint density at radius 2 is 1.81 bits per heavy atom. The van der Waals surface area contributed by atoms with Crippen LogP contribution in [-0.4, -0.2) is 11.7 Å². The summed E-state index contributed by atoms with van der Waals surface area (Å²) < 4.78 is 0. The number of nitrogens with two attached hydrogens (primary N) is 1. The molecule has 0 amide bonds. The Balaban J connectivity index is 2.36. The van der Waals surface area contributed by atoms with Gasteiger partial charge in [0.2, 0.25) is 0 Å². The highest BCUT2D eigenvalue weighted by Gasteiger charge is 2.08. The van der Waals surface area contributed by atoms with Crippen LogP contribution in [0, 0.1) is 0 Å². The molecule has 2 nitrogen and oxygen atoms in total. The molecule has 3 N–H and O–H groups in total. The first-order valence-electron chi connectivity index (χ1n) is 5.67. The van der Waals surface area contributed by atoms with Crippen LogP contribution >= 0.6 is 0 Å². The first-order chi connectivity index (χ1) is 7.83. The van der Waals surface area contributed by atoms with Crippen molar-refractivity contribution in [2.75, 3.05) is 6.61 Å². The highest BCUT2D eigenvalue weighted by molar-refractivity contribution is 5.86. The second-order valence-electron chi connectivity index (χ2n) is 4.04. The molecule has 0 saturated carbocycles. The number of benzene rings is 2. The van der Waals surface area contributed by atoms with Crippen molar-refractivity contribution in [1.82, 2.24) is 0 Å². The average Bonchev–Trinajstić information content (AvgIpc) is 2.35. The molecular formula is C14H17NO. The molecule has 2 aromatic carbocycles. The van der Waals surface area contributed by atoms with Gasteiger partial charge in [0.1, 0.15) is 0 Å². The van der Waals surface area contributed by atoms with E-state index in [4.69, 9.17) is 10.8 Å². The van der Waals surface area contributed by atoms with Gasteiger partial charge in [-0.15, -0.1) is 0 Å². The first kappa shape index (κ1) is 11.1. The molecule has 2 heteroatoms. The molecule has 1 atom stereocenters. The van der Waals surface area contributed by atoms with Gasteiger partial charge in [0.15, 0.2) is 0 Å². The molecule has 84 valence electrons. The topological polar surface area (TPSA) is 46.2 Å². The predicted octanol–water partition coefficient (Wildman–Crippen LogP) is 2.61. The number of rotatable bonds is 4. The lowest BCUT2D eigenvalue weighted by atomic mass is 9.96. The second-order valence-corrected chi connectivity index (χ2v) is 4.04. The van der Waals surface area contributed by atoms with E-state index in [0.717, 1.165) is 12.8 Å². The van der Waals surface area contributed by atoms with Gasteiger partial charge in [-0.1, -0.05) is 42.5 Å². The number of fused-ring (bicyclic) bond motifs is 1. The maximum atomic E-state index is 8.82. The fraction of sp³-hybridized carbons (Fsp3) is 0.286. The lowest BCUT2D eigenvalue weighted by Gasteiger charge is -2.14. The van der Waals surface area contributed by atoms with Crippen molar-refractivity contribution in [1.29, 1.82) is 0 Å². The summed E-state index contributed by atoms with van der Waals surface area (Å²) in [4.78, 5) is 0. The highest BCUT2D eigenvalue weighted by atomic mass is 16.2. The third-order valence-electron chi connectivity index (χ3n) is 2.90. The maximum absolute atomic E-state index is 8.82. The van der Waals surface area contributed by atoms with Crippen LogP contribution in [0.2, 0.25) is 0 Å². The van der Waals surface area contributed by atoms with Crippen molar-refractivity contribution in [3.05, 3.63) is 48.0 Å². The molecule has 0 radical (unpaired) electrons. The largest absolute Gasteiger partial charge is 0.396 e. The van der Waals surface area contributed by atoms with Crippen molar-refractivity contribution >= 4 is 10.8 Å². The second kappa shape index (κ2) is 5.10. The summed E-state index contributed by atoms with van der Waals surface area (Å²) in [5.74, 6) is 0. The van der Waals surface area contributed by atoms with Gasteiger partial charge in [-0.3, -0.25) is 0 Å². The Labute approximate surface area is 95.7 Å². The van der Waals surface area contributed by atoms with Crippen molar-refractivity contribution in [2.24, 2.45) is 5.73 Å². The standard InChI is InChI=1S/C14H17NO/c15-14(9-4-10-16)13-8-3-6-11-5-1-2-7-12(11)13/h1-3,5-8,14,16H,4,9-10,15H2. The Morgan fingerprint density at radius 1 is 1.06 bits per heavy atom. The molecule has 0 bridgehead atoms. The Bertz CT molecular complexity index is 462. The van der Waals surface area contributed by atoms with Gasteiger partial charge < -0.3 is 10.8 Å². The molecule has 2 rings (SSSR count). The monoisotopic (exact) mass is 215 g/mol. The summed E-state index contributed by atoms with van der Waals surface area (Å²) in [5, 5.41) is 11.3. The number of hydrogen-bond acceptors (Lipinski definition) is 2. The summed E-state index contributed by atoms with van der Waals surface area (Å²) in [6, 6.07) is 14.5. The van der Waals surface area contributed by atoms with Crippen LogP contribution in [-0.2, 0) is 0 Å². The molecule has 0 aromatic heterocycles. The zero-order chi connectivity index (χ0) is 11.4. The molecule has 0 aliphatic rings. The third-order valence-corrected chi connectivity index (χ3v) is 2.90. The molecule has 0 aliphatic carbocycles. The molecule has 0 aliphatic heterocycles. The van der Waals surface area contributed by atoms with Crippen LogP contribution in [0.25, 0.3) is 10.8 Å². The van der Waals surface area contributed by atoms with E-state index < -0.39 is 0 Å². The normalized spacial score (nSPS) is 12.9. The van der Waals surface area contributed by atoms with Crippen LogP contribution in [0.4, 0.5) is 0 Å². The van der Waals surface area contributed by atoms with E-state index in [2.05, 4.69) is 24.3 Å².